The molecule has 1 fully saturated rings. The van der Waals surface area contributed by atoms with Crippen LogP contribution in [0.4, 0.5) is 5.82 Å². The number of pyridine rings is 2. The molecule has 5 rings (SSSR count). The zero-order valence-electron chi connectivity index (χ0n) is 19.4. The van der Waals surface area contributed by atoms with Crippen LogP contribution in [0, 0.1) is 0 Å². The van der Waals surface area contributed by atoms with Crippen molar-refractivity contribution in [3.05, 3.63) is 65.2 Å². The monoisotopic (exact) mass is 548 g/mol. The third kappa shape index (κ3) is 5.35. The summed E-state index contributed by atoms with van der Waals surface area (Å²) in [5.41, 5.74) is 4.88. The fourth-order valence-electron chi connectivity index (χ4n) is 4.30. The van der Waals surface area contributed by atoms with Gasteiger partial charge in [-0.25, -0.2) is 15.0 Å². The smallest absolute Gasteiger partial charge is 0.303 e. The van der Waals surface area contributed by atoms with Gasteiger partial charge in [0.15, 0.2) is 5.65 Å². The Balaban J connectivity index is 1.64. The van der Waals surface area contributed by atoms with E-state index in [1.54, 1.807) is 6.20 Å². The number of morpholine rings is 1. The Bertz CT molecular complexity index is 1390. The van der Waals surface area contributed by atoms with Gasteiger partial charge in [-0.3, -0.25) is 9.78 Å². The summed E-state index contributed by atoms with van der Waals surface area (Å²) in [6, 6.07) is 14.0. The van der Waals surface area contributed by atoms with Crippen LogP contribution in [0.1, 0.15) is 24.6 Å². The summed E-state index contributed by atoms with van der Waals surface area (Å²) in [4.78, 5) is 29.5. The minimum absolute atomic E-state index is 0.0821. The summed E-state index contributed by atoms with van der Waals surface area (Å²) in [6.45, 7) is 2.60. The number of hydrogen-bond donors (Lipinski definition) is 3. The molecule has 1 atom stereocenters. The third-order valence-electron chi connectivity index (χ3n) is 5.95. The van der Waals surface area contributed by atoms with Crippen LogP contribution in [0.25, 0.3) is 33.4 Å². The van der Waals surface area contributed by atoms with Gasteiger partial charge in [-0.05, 0) is 47.9 Å². The van der Waals surface area contributed by atoms with E-state index in [0.717, 1.165) is 44.5 Å². The number of halogens is 1. The molecule has 0 saturated carbocycles. The van der Waals surface area contributed by atoms with Gasteiger partial charge in [-0.15, -0.1) is 0 Å². The van der Waals surface area contributed by atoms with Crippen molar-refractivity contribution in [2.75, 3.05) is 31.6 Å². The second kappa shape index (κ2) is 11.1. The van der Waals surface area contributed by atoms with E-state index in [1.165, 1.54) is 6.33 Å². The van der Waals surface area contributed by atoms with Crippen LogP contribution in [0.2, 0.25) is 0 Å². The molecule has 0 aliphatic carbocycles. The van der Waals surface area contributed by atoms with Gasteiger partial charge in [-0.2, -0.15) is 0 Å². The van der Waals surface area contributed by atoms with Gasteiger partial charge in [0.1, 0.15) is 18.2 Å². The molecule has 1 saturated heterocycles. The van der Waals surface area contributed by atoms with E-state index in [1.807, 2.05) is 42.5 Å². The quantitative estimate of drug-likeness (QED) is 0.274. The highest BCUT2D eigenvalue weighted by molar-refractivity contribution is 9.10. The number of nitrogens with one attached hydrogen (secondary N) is 2. The first-order valence-corrected chi connectivity index (χ1v) is 12.5. The topological polar surface area (TPSA) is 122 Å². The second-order valence-corrected chi connectivity index (χ2v) is 9.33. The molecule has 0 amide bonds. The lowest BCUT2D eigenvalue weighted by atomic mass is 9.98. The summed E-state index contributed by atoms with van der Waals surface area (Å²) in [5.74, 6) is -0.208. The molecule has 1 aliphatic heterocycles. The van der Waals surface area contributed by atoms with Crippen molar-refractivity contribution in [3.63, 3.8) is 0 Å². The Morgan fingerprint density at radius 2 is 2.08 bits per heavy atom. The summed E-state index contributed by atoms with van der Waals surface area (Å²) >= 11 is 3.58. The molecule has 1 aliphatic rings. The zero-order valence-corrected chi connectivity index (χ0v) is 21.0. The number of nitrogens with zero attached hydrogens (tertiary/aromatic N) is 4. The molecule has 0 radical (unpaired) electrons. The largest absolute Gasteiger partial charge is 0.481 e. The van der Waals surface area contributed by atoms with Crippen LogP contribution in [-0.4, -0.2) is 57.3 Å². The Labute approximate surface area is 216 Å². The van der Waals surface area contributed by atoms with Crippen LogP contribution < -0.4 is 10.6 Å². The lowest BCUT2D eigenvalue weighted by Gasteiger charge is -2.25. The average Bonchev–Trinajstić information content (AvgIpc) is 2.91. The van der Waals surface area contributed by atoms with Crippen molar-refractivity contribution in [2.24, 2.45) is 0 Å². The number of anilines is 1. The number of ether oxygens (including phenoxy) is 1. The first-order chi connectivity index (χ1) is 17.6. The van der Waals surface area contributed by atoms with E-state index in [0.29, 0.717) is 37.6 Å². The molecule has 4 aromatic rings. The molecule has 1 unspecified atom stereocenters. The predicted octanol–water partition coefficient (Wildman–Crippen LogP) is 4.45. The summed E-state index contributed by atoms with van der Waals surface area (Å²) in [7, 11) is 0. The molecule has 0 spiro atoms. The number of aliphatic carboxylic acids is 1. The number of aromatic nitrogens is 4. The van der Waals surface area contributed by atoms with Crippen LogP contribution >= 0.6 is 15.9 Å². The van der Waals surface area contributed by atoms with E-state index >= 15 is 0 Å². The normalized spacial score (nSPS) is 15.6. The van der Waals surface area contributed by atoms with E-state index in [9.17, 15) is 4.79 Å². The van der Waals surface area contributed by atoms with Gasteiger partial charge in [0, 0.05) is 42.3 Å². The fraction of sp³-hybridized carbons (Fsp3) is 0.269. The van der Waals surface area contributed by atoms with E-state index < -0.39 is 5.97 Å². The molecule has 9 nitrogen and oxygen atoms in total. The van der Waals surface area contributed by atoms with Gasteiger partial charge >= 0.3 is 5.97 Å². The highest BCUT2D eigenvalue weighted by Crippen LogP contribution is 2.37. The number of carbonyl (C=O) groups is 1. The molecule has 184 valence electrons. The molecule has 36 heavy (non-hydrogen) atoms. The first-order valence-electron chi connectivity index (χ1n) is 11.7. The summed E-state index contributed by atoms with van der Waals surface area (Å²) in [6.07, 6.45) is 3.64. The number of rotatable bonds is 8. The van der Waals surface area contributed by atoms with Crippen molar-refractivity contribution in [2.45, 2.75) is 18.9 Å². The third-order valence-corrected chi connectivity index (χ3v) is 6.44. The Morgan fingerprint density at radius 3 is 2.89 bits per heavy atom. The number of benzene rings is 1. The number of carboxylic acids is 1. The van der Waals surface area contributed by atoms with Gasteiger partial charge in [0.2, 0.25) is 0 Å². The Kier molecular flexibility index (Phi) is 7.45. The van der Waals surface area contributed by atoms with Crippen molar-refractivity contribution in [1.82, 2.24) is 25.3 Å². The Hall–Kier alpha value is -3.47. The molecule has 1 aromatic carbocycles. The predicted molar refractivity (Wildman–Crippen MR) is 141 cm³/mol. The number of fused-ring (bicyclic) bond motifs is 1. The fourth-order valence-corrected chi connectivity index (χ4v) is 4.70. The number of carboxylic acid groups (broad SMARTS) is 1. The SMILES string of the molecule is O=C(O)CCCNc1ncnc2nc(-c3cccnc3C3CNCCO3)cc(-c3cccc(Br)c3)c12. The van der Waals surface area contributed by atoms with E-state index in [2.05, 4.69) is 41.5 Å². The standard InChI is InChI=1S/C26H25BrN6O3/c27-17-5-1-4-16(12-17)19-13-20(18-6-2-8-29-24(18)21-14-28-10-11-36-21)33-26-23(19)25(31-15-32-26)30-9-3-7-22(34)35/h1-2,4-6,8,12-13,15,21,28H,3,7,9-11,14H2,(H,34,35)(H,30,31,32,33). The Morgan fingerprint density at radius 1 is 1.17 bits per heavy atom. The molecule has 0 bridgehead atoms. The molecule has 10 heteroatoms. The minimum atomic E-state index is -0.824. The van der Waals surface area contributed by atoms with Gasteiger partial charge in [-0.1, -0.05) is 28.1 Å². The maximum Gasteiger partial charge on any atom is 0.303 e. The van der Waals surface area contributed by atoms with Gasteiger partial charge in [0.05, 0.1) is 23.4 Å². The molecule has 3 N–H and O–H groups in total. The van der Waals surface area contributed by atoms with Crippen LogP contribution in [0.5, 0.6) is 0 Å². The minimum Gasteiger partial charge on any atom is -0.481 e. The van der Waals surface area contributed by atoms with Crippen molar-refractivity contribution >= 4 is 38.8 Å². The molecular weight excluding hydrogens is 524 g/mol. The van der Waals surface area contributed by atoms with Gasteiger partial charge < -0.3 is 20.5 Å². The highest BCUT2D eigenvalue weighted by Gasteiger charge is 2.23. The molecular formula is C26H25BrN6O3. The van der Waals surface area contributed by atoms with Crippen LogP contribution in [0.3, 0.4) is 0 Å². The van der Waals surface area contributed by atoms with Crippen LogP contribution in [0.15, 0.2) is 59.5 Å². The van der Waals surface area contributed by atoms with E-state index in [-0.39, 0.29) is 12.5 Å². The maximum absolute atomic E-state index is 10.9. The lowest BCUT2D eigenvalue weighted by molar-refractivity contribution is -0.137. The van der Waals surface area contributed by atoms with Crippen molar-refractivity contribution in [3.8, 4) is 22.4 Å². The van der Waals surface area contributed by atoms with Crippen molar-refractivity contribution in [1.29, 1.82) is 0 Å². The zero-order chi connectivity index (χ0) is 24.9. The summed E-state index contributed by atoms with van der Waals surface area (Å²) < 4.78 is 6.95. The summed E-state index contributed by atoms with van der Waals surface area (Å²) in [5, 5.41) is 16.4. The van der Waals surface area contributed by atoms with E-state index in [4.69, 9.17) is 14.8 Å². The van der Waals surface area contributed by atoms with Crippen molar-refractivity contribution < 1.29 is 14.6 Å². The number of hydrogen-bond acceptors (Lipinski definition) is 8. The molecule has 4 heterocycles. The molecule has 3 aromatic heterocycles. The lowest BCUT2D eigenvalue weighted by Crippen LogP contribution is -2.34. The highest BCUT2D eigenvalue weighted by atomic mass is 79.9. The average molecular weight is 549 g/mol. The maximum atomic E-state index is 10.9. The van der Waals surface area contributed by atoms with Crippen LogP contribution in [-0.2, 0) is 9.53 Å². The second-order valence-electron chi connectivity index (χ2n) is 8.41. The van der Waals surface area contributed by atoms with Gasteiger partial charge in [0.25, 0.3) is 0 Å². The first kappa shape index (κ1) is 24.2.